The molecule has 2 rings (SSSR count). The van der Waals surface area contributed by atoms with Crippen molar-refractivity contribution in [2.24, 2.45) is 5.92 Å². The van der Waals surface area contributed by atoms with Gasteiger partial charge in [0.2, 0.25) is 0 Å². The third-order valence-electron chi connectivity index (χ3n) is 3.04. The van der Waals surface area contributed by atoms with Crippen LogP contribution in [0.3, 0.4) is 0 Å². The summed E-state index contributed by atoms with van der Waals surface area (Å²) in [6.45, 7) is 2.13. The fourth-order valence-corrected chi connectivity index (χ4v) is 2.06. The lowest BCUT2D eigenvalue weighted by Crippen LogP contribution is -2.32. The van der Waals surface area contributed by atoms with Crippen LogP contribution in [0.15, 0.2) is 16.7 Å². The topological polar surface area (TPSA) is 16.1 Å². The fraction of sp³-hybridized carbons (Fsp3) is 0.545. The van der Waals surface area contributed by atoms with Gasteiger partial charge < -0.3 is 4.90 Å². The largest absolute Gasteiger partial charge is 0.354 e. The second kappa shape index (κ2) is 4.08. The van der Waals surface area contributed by atoms with E-state index in [9.17, 15) is 4.39 Å². The Morgan fingerprint density at radius 2 is 2.27 bits per heavy atom. The molecule has 4 heteroatoms. The molecular weight excluding hydrogens is 259 g/mol. The monoisotopic (exact) mass is 272 g/mol. The molecule has 1 atom stereocenters. The molecule has 0 spiro atoms. The SMILES string of the molecule is CC(C1CC1)N(C)c1ncc(Br)cc1F. The van der Waals surface area contributed by atoms with Gasteiger partial charge in [0, 0.05) is 23.8 Å². The van der Waals surface area contributed by atoms with E-state index < -0.39 is 0 Å². The van der Waals surface area contributed by atoms with Gasteiger partial charge in [0.05, 0.1) is 0 Å². The average Bonchev–Trinajstić information content (AvgIpc) is 2.99. The van der Waals surface area contributed by atoms with Gasteiger partial charge in [-0.25, -0.2) is 9.37 Å². The molecule has 0 amide bonds. The van der Waals surface area contributed by atoms with Crippen LogP contribution in [-0.2, 0) is 0 Å². The summed E-state index contributed by atoms with van der Waals surface area (Å²) < 4.78 is 14.3. The summed E-state index contributed by atoms with van der Waals surface area (Å²) in [5, 5.41) is 0. The van der Waals surface area contributed by atoms with Crippen molar-refractivity contribution in [2.45, 2.75) is 25.8 Å². The van der Waals surface area contributed by atoms with Crippen LogP contribution in [0.25, 0.3) is 0 Å². The zero-order valence-corrected chi connectivity index (χ0v) is 10.5. The van der Waals surface area contributed by atoms with E-state index in [1.807, 2.05) is 11.9 Å². The highest BCUT2D eigenvalue weighted by Crippen LogP contribution is 2.36. The number of halogens is 2. The highest BCUT2D eigenvalue weighted by Gasteiger charge is 2.31. The quantitative estimate of drug-likeness (QED) is 0.840. The number of rotatable bonds is 3. The van der Waals surface area contributed by atoms with Crippen molar-refractivity contribution < 1.29 is 4.39 Å². The van der Waals surface area contributed by atoms with Crippen LogP contribution in [0.4, 0.5) is 10.2 Å². The van der Waals surface area contributed by atoms with E-state index in [1.165, 1.54) is 18.9 Å². The molecule has 0 N–H and O–H groups in total. The maximum absolute atomic E-state index is 13.6. The smallest absolute Gasteiger partial charge is 0.166 e. The molecule has 0 aliphatic heterocycles. The van der Waals surface area contributed by atoms with Crippen LogP contribution in [0.1, 0.15) is 19.8 Å². The summed E-state index contributed by atoms with van der Waals surface area (Å²) in [5.74, 6) is 0.886. The predicted molar refractivity (Wildman–Crippen MR) is 62.5 cm³/mol. The van der Waals surface area contributed by atoms with Gasteiger partial charge >= 0.3 is 0 Å². The van der Waals surface area contributed by atoms with E-state index in [2.05, 4.69) is 27.8 Å². The first-order valence-corrected chi connectivity index (χ1v) is 5.92. The standard InChI is InChI=1S/C11H14BrFN2/c1-7(8-3-4-8)15(2)11-10(13)5-9(12)6-14-11/h5-8H,3-4H2,1-2H3. The van der Waals surface area contributed by atoms with Crippen LogP contribution in [-0.4, -0.2) is 18.1 Å². The van der Waals surface area contributed by atoms with Crippen LogP contribution in [0.5, 0.6) is 0 Å². The first-order valence-electron chi connectivity index (χ1n) is 5.13. The van der Waals surface area contributed by atoms with Gasteiger partial charge in [-0.1, -0.05) is 0 Å². The van der Waals surface area contributed by atoms with Crippen molar-refractivity contribution in [3.05, 3.63) is 22.6 Å². The third kappa shape index (κ3) is 2.30. The second-order valence-corrected chi connectivity index (χ2v) is 5.06. The summed E-state index contributed by atoms with van der Waals surface area (Å²) in [7, 11) is 1.91. The highest BCUT2D eigenvalue weighted by atomic mass is 79.9. The van der Waals surface area contributed by atoms with Gasteiger partial charge in [-0.3, -0.25) is 0 Å². The number of hydrogen-bond donors (Lipinski definition) is 0. The van der Waals surface area contributed by atoms with Gasteiger partial charge in [0.25, 0.3) is 0 Å². The van der Waals surface area contributed by atoms with Crippen molar-refractivity contribution in [1.29, 1.82) is 0 Å². The van der Waals surface area contributed by atoms with Crippen molar-refractivity contribution in [2.75, 3.05) is 11.9 Å². The Bertz CT molecular complexity index is 366. The number of pyridine rings is 1. The summed E-state index contributed by atoms with van der Waals surface area (Å²) >= 11 is 3.20. The van der Waals surface area contributed by atoms with Gasteiger partial charge in [-0.05, 0) is 47.7 Å². The van der Waals surface area contributed by atoms with Crippen LogP contribution in [0.2, 0.25) is 0 Å². The third-order valence-corrected chi connectivity index (χ3v) is 3.47. The molecule has 1 aromatic rings. The Morgan fingerprint density at radius 1 is 1.60 bits per heavy atom. The van der Waals surface area contributed by atoms with E-state index in [1.54, 1.807) is 6.20 Å². The first-order chi connectivity index (χ1) is 7.09. The van der Waals surface area contributed by atoms with Crippen molar-refractivity contribution in [1.82, 2.24) is 4.98 Å². The van der Waals surface area contributed by atoms with Gasteiger partial charge in [-0.2, -0.15) is 0 Å². The molecule has 1 aromatic heterocycles. The minimum absolute atomic E-state index is 0.264. The number of aromatic nitrogens is 1. The Balaban J connectivity index is 2.20. The molecule has 1 fully saturated rings. The molecule has 1 aliphatic rings. The molecule has 1 heterocycles. The van der Waals surface area contributed by atoms with Crippen LogP contribution >= 0.6 is 15.9 Å². The summed E-state index contributed by atoms with van der Waals surface area (Å²) in [5.41, 5.74) is 0. The predicted octanol–water partition coefficient (Wildman–Crippen LogP) is 3.22. The molecule has 1 saturated carbocycles. The van der Waals surface area contributed by atoms with Crippen molar-refractivity contribution in [3.8, 4) is 0 Å². The van der Waals surface area contributed by atoms with Gasteiger partial charge in [-0.15, -0.1) is 0 Å². The van der Waals surface area contributed by atoms with Crippen molar-refractivity contribution >= 4 is 21.7 Å². The maximum atomic E-state index is 13.6. The minimum Gasteiger partial charge on any atom is -0.354 e. The lowest BCUT2D eigenvalue weighted by molar-refractivity contribution is 0.567. The molecule has 1 aliphatic carbocycles. The second-order valence-electron chi connectivity index (χ2n) is 4.15. The van der Waals surface area contributed by atoms with E-state index >= 15 is 0 Å². The van der Waals surface area contributed by atoms with Crippen LogP contribution < -0.4 is 4.90 Å². The molecular formula is C11H14BrFN2. The Hall–Kier alpha value is -0.640. The molecule has 0 radical (unpaired) electrons. The summed E-state index contributed by atoms with van der Waals surface area (Å²) in [6, 6.07) is 1.83. The average molecular weight is 273 g/mol. The normalized spacial score (nSPS) is 17.6. The first kappa shape index (κ1) is 10.9. The van der Waals surface area contributed by atoms with Crippen molar-refractivity contribution in [3.63, 3.8) is 0 Å². The lowest BCUT2D eigenvalue weighted by Gasteiger charge is -2.26. The van der Waals surface area contributed by atoms with Crippen LogP contribution in [0, 0.1) is 11.7 Å². The molecule has 82 valence electrons. The number of hydrogen-bond acceptors (Lipinski definition) is 2. The molecule has 2 nitrogen and oxygen atoms in total. The summed E-state index contributed by atoms with van der Waals surface area (Å²) in [4.78, 5) is 6.04. The minimum atomic E-state index is -0.264. The summed E-state index contributed by atoms with van der Waals surface area (Å²) in [6.07, 6.45) is 4.14. The Morgan fingerprint density at radius 3 is 2.80 bits per heavy atom. The molecule has 0 bridgehead atoms. The highest BCUT2D eigenvalue weighted by molar-refractivity contribution is 9.10. The zero-order valence-electron chi connectivity index (χ0n) is 8.87. The zero-order chi connectivity index (χ0) is 11.0. The maximum Gasteiger partial charge on any atom is 0.166 e. The van der Waals surface area contributed by atoms with E-state index in [0.29, 0.717) is 22.3 Å². The molecule has 0 aromatic carbocycles. The number of anilines is 1. The molecule has 15 heavy (non-hydrogen) atoms. The Kier molecular flexibility index (Phi) is 2.96. The van der Waals surface area contributed by atoms with E-state index in [0.717, 1.165) is 0 Å². The van der Waals surface area contributed by atoms with Gasteiger partial charge in [0.1, 0.15) is 0 Å². The van der Waals surface area contributed by atoms with Gasteiger partial charge in [0.15, 0.2) is 11.6 Å². The van der Waals surface area contributed by atoms with E-state index in [4.69, 9.17) is 0 Å². The fourth-order valence-electron chi connectivity index (χ4n) is 1.75. The Labute approximate surface area is 97.6 Å². The number of nitrogens with zero attached hydrogens (tertiary/aromatic N) is 2. The lowest BCUT2D eigenvalue weighted by atomic mass is 10.2. The molecule has 0 saturated heterocycles. The van der Waals surface area contributed by atoms with E-state index in [-0.39, 0.29) is 5.82 Å². The molecule has 1 unspecified atom stereocenters.